The Balaban J connectivity index is 1.51. The molecule has 0 bridgehead atoms. The lowest BCUT2D eigenvalue weighted by atomic mass is 10.1. The molecule has 1 amide bonds. The molecule has 0 aromatic heterocycles. The molecule has 0 unspecified atom stereocenters. The number of carbonyl (C=O) groups is 1. The number of benzene rings is 2. The lowest BCUT2D eigenvalue weighted by Gasteiger charge is -2.20. The summed E-state index contributed by atoms with van der Waals surface area (Å²) in [5.74, 6) is -0.163. The standard InChI is InChI=1S/C21H18N4O4S2/c1-13-5-3-4-6-15(13)12-29-16-9-7-14(8-10-16)11-17-18(22)25-20(23-19(17)26)30-21(24-25)31(2,27)28/h3-11,22H,12H2,1-2H3/b17-11-,22-18?. The highest BCUT2D eigenvalue weighted by Gasteiger charge is 2.38. The summed E-state index contributed by atoms with van der Waals surface area (Å²) in [6.45, 7) is 2.47. The molecule has 2 aromatic carbocycles. The maximum absolute atomic E-state index is 12.4. The molecule has 0 saturated heterocycles. The number of hydrogen-bond acceptors (Lipinski definition) is 7. The van der Waals surface area contributed by atoms with Crippen LogP contribution in [-0.4, -0.2) is 41.0 Å². The molecular weight excluding hydrogens is 436 g/mol. The molecule has 2 heterocycles. The molecule has 4 rings (SSSR count). The van der Waals surface area contributed by atoms with Crippen molar-refractivity contribution < 1.29 is 17.9 Å². The molecule has 0 aliphatic carbocycles. The molecule has 8 nitrogen and oxygen atoms in total. The first-order chi connectivity index (χ1) is 14.7. The summed E-state index contributed by atoms with van der Waals surface area (Å²) in [6.07, 6.45) is 2.54. The van der Waals surface area contributed by atoms with Gasteiger partial charge in [-0.15, -0.1) is 5.10 Å². The van der Waals surface area contributed by atoms with Crippen LogP contribution in [0.15, 0.2) is 64.2 Å². The molecule has 31 heavy (non-hydrogen) atoms. The van der Waals surface area contributed by atoms with Crippen molar-refractivity contribution >= 4 is 49.0 Å². The van der Waals surface area contributed by atoms with Crippen LogP contribution in [0.1, 0.15) is 16.7 Å². The fourth-order valence-electron chi connectivity index (χ4n) is 2.88. The molecular formula is C21H18N4O4S2. The number of ether oxygens (including phenoxy) is 1. The van der Waals surface area contributed by atoms with Crippen molar-refractivity contribution in [1.82, 2.24) is 5.01 Å². The van der Waals surface area contributed by atoms with E-state index in [1.165, 1.54) is 6.08 Å². The van der Waals surface area contributed by atoms with Crippen molar-refractivity contribution in [1.29, 1.82) is 5.41 Å². The lowest BCUT2D eigenvalue weighted by molar-refractivity contribution is -0.114. The molecule has 0 spiro atoms. The van der Waals surface area contributed by atoms with Crippen LogP contribution >= 0.6 is 11.8 Å². The minimum atomic E-state index is -3.56. The molecule has 0 saturated carbocycles. The van der Waals surface area contributed by atoms with E-state index in [-0.39, 0.29) is 21.0 Å². The number of fused-ring (bicyclic) bond motifs is 1. The van der Waals surface area contributed by atoms with Crippen molar-refractivity contribution in [3.63, 3.8) is 0 Å². The van der Waals surface area contributed by atoms with Crippen LogP contribution in [0.5, 0.6) is 5.75 Å². The number of hydrazone groups is 1. The number of thioether (sulfide) groups is 1. The van der Waals surface area contributed by atoms with Gasteiger partial charge in [0.25, 0.3) is 5.91 Å². The minimum Gasteiger partial charge on any atom is -0.489 e. The van der Waals surface area contributed by atoms with Gasteiger partial charge >= 0.3 is 0 Å². The van der Waals surface area contributed by atoms with E-state index in [0.29, 0.717) is 17.9 Å². The van der Waals surface area contributed by atoms with E-state index in [1.54, 1.807) is 24.3 Å². The van der Waals surface area contributed by atoms with Crippen LogP contribution in [0.3, 0.4) is 0 Å². The molecule has 0 atom stereocenters. The fourth-order valence-corrected chi connectivity index (χ4v) is 4.57. The fraction of sp³-hybridized carbons (Fsp3) is 0.143. The SMILES string of the molecule is Cc1ccccc1COc1ccc(/C=C2/C(=N)N3N=C(S(C)(=O)=O)SC3=NC2=O)cc1. The Kier molecular flexibility index (Phi) is 5.50. The summed E-state index contributed by atoms with van der Waals surface area (Å²) in [7, 11) is -3.56. The quantitative estimate of drug-likeness (QED) is 0.710. The number of amidine groups is 2. The number of sulfone groups is 1. The Bertz CT molecular complexity index is 1280. The number of aryl methyl sites for hydroxylation is 1. The van der Waals surface area contributed by atoms with Gasteiger partial charge in [-0.3, -0.25) is 10.2 Å². The predicted molar refractivity (Wildman–Crippen MR) is 122 cm³/mol. The van der Waals surface area contributed by atoms with Crippen molar-refractivity contribution in [3.05, 3.63) is 70.8 Å². The average Bonchev–Trinajstić information content (AvgIpc) is 3.16. The van der Waals surface area contributed by atoms with E-state index >= 15 is 0 Å². The summed E-state index contributed by atoms with van der Waals surface area (Å²) in [5.41, 5.74) is 2.95. The molecule has 2 aliphatic heterocycles. The highest BCUT2D eigenvalue weighted by atomic mass is 32.3. The van der Waals surface area contributed by atoms with E-state index in [1.807, 2.05) is 31.2 Å². The Hall–Kier alpha value is -3.24. The third-order valence-electron chi connectivity index (χ3n) is 4.60. The number of aliphatic imine (C=N–C) groups is 1. The van der Waals surface area contributed by atoms with Crippen LogP contribution in [0.25, 0.3) is 6.08 Å². The van der Waals surface area contributed by atoms with Crippen LogP contribution in [0, 0.1) is 12.3 Å². The summed E-state index contributed by atoms with van der Waals surface area (Å²) in [6, 6.07) is 15.1. The van der Waals surface area contributed by atoms with Gasteiger partial charge in [0, 0.05) is 6.26 Å². The average molecular weight is 455 g/mol. The number of nitrogens with zero attached hydrogens (tertiary/aromatic N) is 3. The molecule has 1 N–H and O–H groups in total. The Morgan fingerprint density at radius 3 is 2.55 bits per heavy atom. The van der Waals surface area contributed by atoms with Crippen molar-refractivity contribution in [2.45, 2.75) is 13.5 Å². The topological polar surface area (TPSA) is 112 Å². The second-order valence-electron chi connectivity index (χ2n) is 6.94. The smallest absolute Gasteiger partial charge is 0.283 e. The van der Waals surface area contributed by atoms with Crippen LogP contribution in [0.4, 0.5) is 0 Å². The molecule has 2 aromatic rings. The zero-order valence-electron chi connectivity index (χ0n) is 16.7. The first-order valence-electron chi connectivity index (χ1n) is 9.20. The van der Waals surface area contributed by atoms with Gasteiger partial charge < -0.3 is 4.74 Å². The second-order valence-corrected chi connectivity index (χ2v) is 10.1. The predicted octanol–water partition coefficient (Wildman–Crippen LogP) is 3.20. The Morgan fingerprint density at radius 1 is 1.16 bits per heavy atom. The molecule has 0 fully saturated rings. The molecule has 0 radical (unpaired) electrons. The molecule has 10 heteroatoms. The molecule has 158 valence electrons. The van der Waals surface area contributed by atoms with Gasteiger partial charge in [0.1, 0.15) is 12.4 Å². The maximum atomic E-state index is 12.4. The van der Waals surface area contributed by atoms with Gasteiger partial charge in [0.15, 0.2) is 5.84 Å². The van der Waals surface area contributed by atoms with E-state index < -0.39 is 15.7 Å². The van der Waals surface area contributed by atoms with Gasteiger partial charge in [-0.2, -0.15) is 10.0 Å². The first-order valence-corrected chi connectivity index (χ1v) is 11.9. The van der Waals surface area contributed by atoms with Crippen molar-refractivity contribution in [3.8, 4) is 5.75 Å². The van der Waals surface area contributed by atoms with Gasteiger partial charge in [0.2, 0.25) is 19.4 Å². The zero-order chi connectivity index (χ0) is 22.2. The van der Waals surface area contributed by atoms with Crippen molar-refractivity contribution in [2.24, 2.45) is 10.1 Å². The van der Waals surface area contributed by atoms with Crippen molar-refractivity contribution in [2.75, 3.05) is 6.26 Å². The summed E-state index contributed by atoms with van der Waals surface area (Å²) in [4.78, 5) is 16.3. The molecule has 2 aliphatic rings. The monoisotopic (exact) mass is 454 g/mol. The van der Waals surface area contributed by atoms with Crippen LogP contribution in [-0.2, 0) is 21.2 Å². The normalized spacial score (nSPS) is 17.5. The minimum absolute atomic E-state index is 0.0245. The third-order valence-corrected chi connectivity index (χ3v) is 7.18. The van der Waals surface area contributed by atoms with E-state index in [4.69, 9.17) is 10.1 Å². The summed E-state index contributed by atoms with van der Waals surface area (Å²) < 4.78 is 29.1. The van der Waals surface area contributed by atoms with Gasteiger partial charge in [-0.1, -0.05) is 36.4 Å². The van der Waals surface area contributed by atoms with Crippen LogP contribution < -0.4 is 4.74 Å². The first kappa shape index (κ1) is 21.0. The lowest BCUT2D eigenvalue weighted by Crippen LogP contribution is -2.35. The number of rotatable bonds is 4. The summed E-state index contributed by atoms with van der Waals surface area (Å²) in [5, 5.41) is 13.3. The van der Waals surface area contributed by atoms with Gasteiger partial charge in [0.05, 0.1) is 5.57 Å². The number of amides is 1. The number of nitrogens with one attached hydrogen (secondary N) is 1. The number of hydrogen-bond donors (Lipinski definition) is 1. The maximum Gasteiger partial charge on any atom is 0.283 e. The highest BCUT2D eigenvalue weighted by Crippen LogP contribution is 2.30. The van der Waals surface area contributed by atoms with Gasteiger partial charge in [-0.05, 0) is 53.6 Å². The second kappa shape index (κ2) is 8.12. The van der Waals surface area contributed by atoms with E-state index in [2.05, 4.69) is 10.1 Å². The third kappa shape index (κ3) is 4.44. The largest absolute Gasteiger partial charge is 0.489 e. The zero-order valence-corrected chi connectivity index (χ0v) is 18.3. The van der Waals surface area contributed by atoms with Crippen LogP contribution in [0.2, 0.25) is 0 Å². The highest BCUT2D eigenvalue weighted by molar-refractivity contribution is 8.42. The Labute approximate surface area is 183 Å². The number of carbonyl (C=O) groups excluding carboxylic acids is 1. The Morgan fingerprint density at radius 2 is 1.87 bits per heavy atom. The van der Waals surface area contributed by atoms with E-state index in [0.717, 1.165) is 34.2 Å². The van der Waals surface area contributed by atoms with Gasteiger partial charge in [-0.25, -0.2) is 8.42 Å². The van der Waals surface area contributed by atoms with E-state index in [9.17, 15) is 13.2 Å². The summed E-state index contributed by atoms with van der Waals surface area (Å²) >= 11 is 0.756.